The van der Waals surface area contributed by atoms with Crippen molar-refractivity contribution in [3.05, 3.63) is 22.8 Å². The van der Waals surface area contributed by atoms with E-state index in [4.69, 9.17) is 16.9 Å². The fourth-order valence-corrected chi connectivity index (χ4v) is 1.62. The number of alkyl halides is 3. The molecule has 0 fully saturated rings. The van der Waals surface area contributed by atoms with Gasteiger partial charge in [0.1, 0.15) is 5.82 Å². The number of nitriles is 1. The highest BCUT2D eigenvalue weighted by Crippen LogP contribution is 2.33. The Kier molecular flexibility index (Phi) is 4.41. The van der Waals surface area contributed by atoms with Gasteiger partial charge in [0.2, 0.25) is 0 Å². The smallest absolute Gasteiger partial charge is 0.355 e. The van der Waals surface area contributed by atoms with Gasteiger partial charge in [0, 0.05) is 19.3 Å². The van der Waals surface area contributed by atoms with Crippen molar-refractivity contribution in [2.75, 3.05) is 11.9 Å². The Bertz CT molecular complexity index is 468. The topological polar surface area (TPSA) is 39.9 Å². The summed E-state index contributed by atoms with van der Waals surface area (Å²) in [5, 5.41) is 8.49. The first-order chi connectivity index (χ1) is 8.27. The Hall–Kier alpha value is -1.48. The van der Waals surface area contributed by atoms with E-state index in [1.165, 1.54) is 0 Å². The number of halogens is 4. The van der Waals surface area contributed by atoms with Gasteiger partial charge in [0.05, 0.1) is 23.1 Å². The minimum Gasteiger partial charge on any atom is -0.355 e. The minimum atomic E-state index is -4.47. The van der Waals surface area contributed by atoms with Gasteiger partial charge < -0.3 is 4.90 Å². The highest BCUT2D eigenvalue weighted by Gasteiger charge is 2.32. The number of pyridine rings is 1. The molecule has 0 radical (unpaired) electrons. The van der Waals surface area contributed by atoms with E-state index < -0.39 is 11.7 Å². The van der Waals surface area contributed by atoms with Gasteiger partial charge in [0.25, 0.3) is 0 Å². The molecule has 7 heteroatoms. The molecule has 98 valence electrons. The van der Waals surface area contributed by atoms with Crippen LogP contribution in [0.2, 0.25) is 5.02 Å². The number of hydrogen-bond donors (Lipinski definition) is 0. The maximum absolute atomic E-state index is 12.4. The van der Waals surface area contributed by atoms with Crippen LogP contribution >= 0.6 is 11.6 Å². The highest BCUT2D eigenvalue weighted by molar-refractivity contribution is 6.33. The first-order valence-corrected chi connectivity index (χ1v) is 5.47. The summed E-state index contributed by atoms with van der Waals surface area (Å²) in [4.78, 5) is 5.29. The van der Waals surface area contributed by atoms with Crippen molar-refractivity contribution in [1.29, 1.82) is 5.26 Å². The zero-order valence-electron chi connectivity index (χ0n) is 9.79. The monoisotopic (exact) mass is 277 g/mol. The van der Waals surface area contributed by atoms with Crippen LogP contribution in [-0.2, 0) is 6.18 Å². The van der Waals surface area contributed by atoms with E-state index in [1.54, 1.807) is 18.9 Å². The van der Waals surface area contributed by atoms with Crippen LogP contribution in [0.4, 0.5) is 19.0 Å². The van der Waals surface area contributed by atoms with Crippen molar-refractivity contribution in [1.82, 2.24) is 4.98 Å². The molecule has 0 aliphatic rings. The van der Waals surface area contributed by atoms with Gasteiger partial charge in [0.15, 0.2) is 0 Å². The molecule has 0 saturated carbocycles. The molecule has 0 N–H and O–H groups in total. The van der Waals surface area contributed by atoms with E-state index in [2.05, 4.69) is 4.98 Å². The molecule has 0 bridgehead atoms. The second-order valence-corrected chi connectivity index (χ2v) is 4.26. The van der Waals surface area contributed by atoms with E-state index in [9.17, 15) is 13.2 Å². The van der Waals surface area contributed by atoms with Crippen LogP contribution in [-0.4, -0.2) is 18.1 Å². The summed E-state index contributed by atoms with van der Waals surface area (Å²) in [5.74, 6) is 0.229. The molecule has 0 aliphatic carbocycles. The third-order valence-electron chi connectivity index (χ3n) is 2.53. The van der Waals surface area contributed by atoms with E-state index in [-0.39, 0.29) is 23.3 Å². The van der Waals surface area contributed by atoms with Crippen molar-refractivity contribution in [2.45, 2.75) is 25.6 Å². The third-order valence-corrected chi connectivity index (χ3v) is 2.81. The van der Waals surface area contributed by atoms with Crippen LogP contribution in [0.5, 0.6) is 0 Å². The standard InChI is InChI=1S/C11H11ClF3N3/c1-7(3-4-16)18(2)10-9(12)5-8(6-17-10)11(13,14)15/h5-7H,3H2,1-2H3. The minimum absolute atomic E-state index is 0.0860. The normalized spacial score (nSPS) is 12.9. The zero-order valence-corrected chi connectivity index (χ0v) is 10.5. The van der Waals surface area contributed by atoms with Crippen molar-refractivity contribution in [3.63, 3.8) is 0 Å². The molecule has 1 rings (SSSR count). The summed E-state index contributed by atoms with van der Waals surface area (Å²) < 4.78 is 37.3. The summed E-state index contributed by atoms with van der Waals surface area (Å²) in [7, 11) is 1.63. The fourth-order valence-electron chi connectivity index (χ4n) is 1.32. The Morgan fingerprint density at radius 1 is 1.56 bits per heavy atom. The Labute approximate surface area is 108 Å². The lowest BCUT2D eigenvalue weighted by Gasteiger charge is -2.25. The zero-order chi connectivity index (χ0) is 13.9. The quantitative estimate of drug-likeness (QED) is 0.849. The van der Waals surface area contributed by atoms with Gasteiger partial charge in [-0.05, 0) is 13.0 Å². The largest absolute Gasteiger partial charge is 0.417 e. The van der Waals surface area contributed by atoms with Gasteiger partial charge in [-0.1, -0.05) is 11.6 Å². The van der Waals surface area contributed by atoms with Crippen LogP contribution in [0.3, 0.4) is 0 Å². The lowest BCUT2D eigenvalue weighted by Crippen LogP contribution is -2.29. The predicted molar refractivity (Wildman–Crippen MR) is 62.3 cm³/mol. The molecule has 1 heterocycles. The summed E-state index contributed by atoms with van der Waals surface area (Å²) >= 11 is 5.79. The van der Waals surface area contributed by atoms with Crippen LogP contribution < -0.4 is 4.90 Å². The molecule has 0 amide bonds. The van der Waals surface area contributed by atoms with Crippen molar-refractivity contribution >= 4 is 17.4 Å². The van der Waals surface area contributed by atoms with Gasteiger partial charge in [-0.3, -0.25) is 0 Å². The molecule has 0 aliphatic heterocycles. The fraction of sp³-hybridized carbons (Fsp3) is 0.455. The third kappa shape index (κ3) is 3.26. The van der Waals surface area contributed by atoms with Crippen LogP contribution in [0.15, 0.2) is 12.3 Å². The molecular formula is C11H11ClF3N3. The first kappa shape index (κ1) is 14.6. The Balaban J connectivity index is 3.03. The number of rotatable bonds is 3. The van der Waals surface area contributed by atoms with E-state index >= 15 is 0 Å². The molecule has 0 aromatic carbocycles. The van der Waals surface area contributed by atoms with Crippen molar-refractivity contribution < 1.29 is 13.2 Å². The van der Waals surface area contributed by atoms with Crippen LogP contribution in [0.25, 0.3) is 0 Å². The molecule has 18 heavy (non-hydrogen) atoms. The average molecular weight is 278 g/mol. The molecule has 1 atom stereocenters. The second-order valence-electron chi connectivity index (χ2n) is 3.85. The number of hydrogen-bond acceptors (Lipinski definition) is 3. The molecule has 0 spiro atoms. The number of anilines is 1. The maximum atomic E-state index is 12.4. The molecular weight excluding hydrogens is 267 g/mol. The van der Waals surface area contributed by atoms with Crippen molar-refractivity contribution in [3.8, 4) is 6.07 Å². The second kappa shape index (κ2) is 5.44. The van der Waals surface area contributed by atoms with E-state index in [0.717, 1.165) is 12.3 Å². The Morgan fingerprint density at radius 3 is 2.61 bits per heavy atom. The number of nitrogens with zero attached hydrogens (tertiary/aromatic N) is 3. The number of aromatic nitrogens is 1. The SMILES string of the molecule is CC(CC#N)N(C)c1ncc(C(F)(F)F)cc1Cl. The molecule has 1 aromatic heterocycles. The van der Waals surface area contributed by atoms with Gasteiger partial charge in [-0.15, -0.1) is 0 Å². The summed E-state index contributed by atoms with van der Waals surface area (Å²) in [5.41, 5.74) is -0.891. The van der Waals surface area contributed by atoms with Crippen LogP contribution in [0, 0.1) is 11.3 Å². The maximum Gasteiger partial charge on any atom is 0.417 e. The lowest BCUT2D eigenvalue weighted by molar-refractivity contribution is -0.137. The van der Waals surface area contributed by atoms with Gasteiger partial charge in [-0.2, -0.15) is 18.4 Å². The molecule has 1 aromatic rings. The van der Waals surface area contributed by atoms with Crippen LogP contribution in [0.1, 0.15) is 18.9 Å². The van der Waals surface area contributed by atoms with Gasteiger partial charge in [-0.25, -0.2) is 4.98 Å². The Morgan fingerprint density at radius 2 is 2.17 bits per heavy atom. The summed E-state index contributed by atoms with van der Waals surface area (Å²) in [6, 6.07) is 2.63. The summed E-state index contributed by atoms with van der Waals surface area (Å²) in [6.07, 6.45) is -3.50. The molecule has 1 unspecified atom stereocenters. The van der Waals surface area contributed by atoms with Gasteiger partial charge >= 0.3 is 6.18 Å². The summed E-state index contributed by atoms with van der Waals surface area (Å²) in [6.45, 7) is 1.76. The molecule has 3 nitrogen and oxygen atoms in total. The highest BCUT2D eigenvalue weighted by atomic mass is 35.5. The van der Waals surface area contributed by atoms with Crippen molar-refractivity contribution in [2.24, 2.45) is 0 Å². The average Bonchev–Trinajstić information content (AvgIpc) is 2.27. The first-order valence-electron chi connectivity index (χ1n) is 5.10. The lowest BCUT2D eigenvalue weighted by atomic mass is 10.2. The molecule has 0 saturated heterocycles. The van der Waals surface area contributed by atoms with E-state index in [1.807, 2.05) is 6.07 Å². The predicted octanol–water partition coefficient (Wildman–Crippen LogP) is 3.49. The van der Waals surface area contributed by atoms with E-state index in [0.29, 0.717) is 0 Å².